The Hall–Kier alpha value is -3.42. The van der Waals surface area contributed by atoms with Crippen molar-refractivity contribution in [1.82, 2.24) is 14.9 Å². The van der Waals surface area contributed by atoms with Crippen LogP contribution < -0.4 is 10.6 Å². The van der Waals surface area contributed by atoms with E-state index in [2.05, 4.69) is 15.6 Å². The van der Waals surface area contributed by atoms with Crippen LogP contribution in [0.25, 0.3) is 0 Å². The number of nitrogens with zero attached hydrogens (tertiary/aromatic N) is 2. The number of halogens is 1. The molecule has 0 radical (unpaired) electrons. The van der Waals surface area contributed by atoms with Crippen LogP contribution in [0.5, 0.6) is 0 Å². The van der Waals surface area contributed by atoms with Gasteiger partial charge >= 0.3 is 0 Å². The maximum absolute atomic E-state index is 13.9. The molecule has 1 aliphatic heterocycles. The second kappa shape index (κ2) is 7.67. The number of furan rings is 1. The summed E-state index contributed by atoms with van der Waals surface area (Å²) in [5, 5.41) is 5.30. The zero-order chi connectivity index (χ0) is 19.5. The maximum atomic E-state index is 13.9. The van der Waals surface area contributed by atoms with Gasteiger partial charge in [-0.3, -0.25) is 9.59 Å². The molecule has 0 atom stereocenters. The Labute approximate surface area is 160 Å². The number of benzene rings is 1. The van der Waals surface area contributed by atoms with Crippen LogP contribution in [0.15, 0.2) is 47.1 Å². The summed E-state index contributed by atoms with van der Waals surface area (Å²) in [7, 11) is 0. The van der Waals surface area contributed by atoms with Gasteiger partial charge in [0.1, 0.15) is 11.6 Å². The monoisotopic (exact) mass is 382 g/mol. The lowest BCUT2D eigenvalue weighted by molar-refractivity contribution is 0.0932. The van der Waals surface area contributed by atoms with Crippen LogP contribution in [0.4, 0.5) is 10.1 Å². The van der Waals surface area contributed by atoms with Gasteiger partial charge < -0.3 is 19.6 Å². The quantitative estimate of drug-likeness (QED) is 0.710. The van der Waals surface area contributed by atoms with Crippen molar-refractivity contribution in [1.29, 1.82) is 0 Å². The molecule has 0 bridgehead atoms. The van der Waals surface area contributed by atoms with E-state index >= 15 is 0 Å². The molecule has 0 spiro atoms. The van der Waals surface area contributed by atoms with E-state index in [-0.39, 0.29) is 29.7 Å². The molecule has 3 aromatic rings. The molecule has 0 fully saturated rings. The van der Waals surface area contributed by atoms with Gasteiger partial charge in [0.25, 0.3) is 11.8 Å². The lowest BCUT2D eigenvalue weighted by Gasteiger charge is -2.17. The Balaban J connectivity index is 1.58. The van der Waals surface area contributed by atoms with E-state index in [0.29, 0.717) is 24.4 Å². The van der Waals surface area contributed by atoms with E-state index in [1.165, 1.54) is 18.4 Å². The predicted octanol–water partition coefficient (Wildman–Crippen LogP) is 3.13. The Morgan fingerprint density at radius 2 is 2.00 bits per heavy atom. The number of aromatic nitrogens is 2. The van der Waals surface area contributed by atoms with Crippen LogP contribution in [-0.4, -0.2) is 21.4 Å². The predicted molar refractivity (Wildman–Crippen MR) is 99.4 cm³/mol. The number of hydrogen-bond acceptors (Lipinski definition) is 4. The second-order valence-electron chi connectivity index (χ2n) is 6.54. The number of hydrogen-bond donors (Lipinski definition) is 2. The van der Waals surface area contributed by atoms with Crippen LogP contribution in [0, 0.1) is 5.82 Å². The van der Waals surface area contributed by atoms with Gasteiger partial charge in [0.2, 0.25) is 0 Å². The molecule has 28 heavy (non-hydrogen) atoms. The van der Waals surface area contributed by atoms with Crippen LogP contribution in [-0.2, 0) is 19.5 Å². The fraction of sp³-hybridized carbons (Fsp3) is 0.250. The van der Waals surface area contributed by atoms with Gasteiger partial charge in [0.05, 0.1) is 24.2 Å². The highest BCUT2D eigenvalue weighted by Gasteiger charge is 2.27. The lowest BCUT2D eigenvalue weighted by Crippen LogP contribution is -2.27. The minimum absolute atomic E-state index is 0.0777. The fourth-order valence-corrected chi connectivity index (χ4v) is 3.30. The molecule has 7 nitrogen and oxygen atoms in total. The van der Waals surface area contributed by atoms with E-state index in [1.807, 2.05) is 0 Å². The van der Waals surface area contributed by atoms with E-state index in [4.69, 9.17) is 4.42 Å². The molecule has 1 aromatic carbocycles. The molecule has 2 N–H and O–H groups in total. The second-order valence-corrected chi connectivity index (χ2v) is 6.54. The number of imidazole rings is 1. The lowest BCUT2D eigenvalue weighted by atomic mass is 10.1. The number of anilines is 1. The van der Waals surface area contributed by atoms with Crippen molar-refractivity contribution >= 4 is 17.5 Å². The van der Waals surface area contributed by atoms with Gasteiger partial charge in [-0.05, 0) is 43.5 Å². The molecule has 4 rings (SSSR count). The molecular formula is C20H19FN4O3. The molecular weight excluding hydrogens is 363 g/mol. The number of fused-ring (bicyclic) bond motifs is 1. The van der Waals surface area contributed by atoms with Crippen molar-refractivity contribution in [2.24, 2.45) is 0 Å². The fourth-order valence-electron chi connectivity index (χ4n) is 3.30. The van der Waals surface area contributed by atoms with Gasteiger partial charge in [-0.1, -0.05) is 12.1 Å². The summed E-state index contributed by atoms with van der Waals surface area (Å²) in [6.07, 6.45) is 3.97. The van der Waals surface area contributed by atoms with Gasteiger partial charge in [0.15, 0.2) is 11.5 Å². The molecule has 0 saturated carbocycles. The molecule has 8 heteroatoms. The molecule has 2 amide bonds. The highest BCUT2D eigenvalue weighted by atomic mass is 19.1. The Morgan fingerprint density at radius 1 is 1.14 bits per heavy atom. The van der Waals surface area contributed by atoms with Crippen molar-refractivity contribution < 1.29 is 18.4 Å². The van der Waals surface area contributed by atoms with E-state index in [1.54, 1.807) is 28.8 Å². The summed E-state index contributed by atoms with van der Waals surface area (Å²) in [6, 6.07) is 9.43. The number of carbonyl (C=O) groups is 2. The molecule has 0 saturated heterocycles. The van der Waals surface area contributed by atoms with Crippen LogP contribution in [0.1, 0.15) is 45.4 Å². The molecule has 1 aliphatic rings. The van der Waals surface area contributed by atoms with Crippen LogP contribution in [0.2, 0.25) is 0 Å². The number of nitrogens with one attached hydrogen (secondary N) is 2. The number of amides is 2. The molecule has 0 unspecified atom stereocenters. The zero-order valence-electron chi connectivity index (χ0n) is 15.1. The van der Waals surface area contributed by atoms with Gasteiger partial charge in [-0.15, -0.1) is 0 Å². The summed E-state index contributed by atoms with van der Waals surface area (Å²) in [5.41, 5.74) is 0.934. The van der Waals surface area contributed by atoms with Gasteiger partial charge in [-0.25, -0.2) is 9.37 Å². The maximum Gasteiger partial charge on any atom is 0.287 e. The van der Waals surface area contributed by atoms with Crippen LogP contribution in [0.3, 0.4) is 0 Å². The smallest absolute Gasteiger partial charge is 0.287 e. The van der Waals surface area contributed by atoms with Crippen molar-refractivity contribution in [2.45, 2.75) is 32.4 Å². The Bertz CT molecular complexity index is 1010. The first kappa shape index (κ1) is 18.0. The van der Waals surface area contributed by atoms with Crippen molar-refractivity contribution in [3.05, 3.63) is 71.5 Å². The summed E-state index contributed by atoms with van der Waals surface area (Å²) < 4.78 is 20.8. The summed E-state index contributed by atoms with van der Waals surface area (Å²) in [6.45, 7) is 0.837. The van der Waals surface area contributed by atoms with Crippen molar-refractivity contribution in [3.63, 3.8) is 0 Å². The first-order chi connectivity index (χ1) is 13.6. The van der Waals surface area contributed by atoms with Gasteiger partial charge in [-0.2, -0.15) is 0 Å². The molecule has 144 valence electrons. The largest absolute Gasteiger partial charge is 0.467 e. The third-order valence-electron chi connectivity index (χ3n) is 4.66. The minimum atomic E-state index is -0.527. The number of rotatable bonds is 5. The number of carbonyl (C=O) groups excluding carboxylic acids is 2. The van der Waals surface area contributed by atoms with Gasteiger partial charge in [0, 0.05) is 6.54 Å². The first-order valence-corrected chi connectivity index (χ1v) is 9.09. The molecule has 3 heterocycles. The molecule has 0 aliphatic carbocycles. The van der Waals surface area contributed by atoms with E-state index < -0.39 is 11.7 Å². The average molecular weight is 382 g/mol. The first-order valence-electron chi connectivity index (χ1n) is 9.09. The molecule has 2 aromatic heterocycles. The zero-order valence-corrected chi connectivity index (χ0v) is 15.1. The van der Waals surface area contributed by atoms with Crippen LogP contribution >= 0.6 is 0 Å². The van der Waals surface area contributed by atoms with Crippen molar-refractivity contribution in [2.75, 3.05) is 5.32 Å². The standard InChI is InChI=1S/C20H19FN4O3/c21-14-7-1-2-8-15(14)23-19(26)17-16-9-3-4-10-25(16)18(24-17)20(27)22-12-13-6-5-11-28-13/h1-2,5-8,11H,3-4,9-10,12H2,(H,22,27)(H,23,26). The third kappa shape index (κ3) is 3.53. The highest BCUT2D eigenvalue weighted by Crippen LogP contribution is 2.23. The Morgan fingerprint density at radius 3 is 2.79 bits per heavy atom. The number of para-hydroxylation sites is 1. The van der Waals surface area contributed by atoms with E-state index in [0.717, 1.165) is 12.8 Å². The average Bonchev–Trinajstić information content (AvgIpc) is 3.36. The summed E-state index contributed by atoms with van der Waals surface area (Å²) >= 11 is 0. The SMILES string of the molecule is O=C(Nc1ccccc1F)c1nc(C(=O)NCc2ccco2)n2c1CCCC2. The van der Waals surface area contributed by atoms with Crippen molar-refractivity contribution in [3.8, 4) is 0 Å². The normalized spacial score (nSPS) is 13.0. The third-order valence-corrected chi connectivity index (χ3v) is 4.66. The van der Waals surface area contributed by atoms with E-state index in [9.17, 15) is 14.0 Å². The summed E-state index contributed by atoms with van der Waals surface area (Å²) in [4.78, 5) is 29.7. The summed E-state index contributed by atoms with van der Waals surface area (Å²) in [5.74, 6) is -0.637. The minimum Gasteiger partial charge on any atom is -0.467 e. The Kier molecular flexibility index (Phi) is 4.92. The topological polar surface area (TPSA) is 89.2 Å². The highest BCUT2D eigenvalue weighted by molar-refractivity contribution is 6.05.